The zero-order valence-corrected chi connectivity index (χ0v) is 11.2. The average molecular weight is 289 g/mol. The number of rotatable bonds is 5. The Morgan fingerprint density at radius 2 is 1.75 bits per heavy atom. The number of esters is 1. The van der Waals surface area contributed by atoms with Crippen LogP contribution in [0.5, 0.6) is 0 Å². The highest BCUT2D eigenvalue weighted by Crippen LogP contribution is 2.18. The van der Waals surface area contributed by atoms with Gasteiger partial charge in [0.15, 0.2) is 6.61 Å². The van der Waals surface area contributed by atoms with Crippen molar-refractivity contribution in [2.24, 2.45) is 5.73 Å². The highest BCUT2D eigenvalue weighted by molar-refractivity contribution is 7.12. The lowest BCUT2D eigenvalue weighted by Crippen LogP contribution is -2.22. The fraction of sp³-hybridized carbons (Fsp3) is 0.0714. The van der Waals surface area contributed by atoms with Crippen molar-refractivity contribution in [3.8, 4) is 0 Å². The van der Waals surface area contributed by atoms with Crippen LogP contribution in [0.2, 0.25) is 0 Å². The molecule has 0 saturated heterocycles. The fourth-order valence-corrected chi connectivity index (χ4v) is 2.29. The summed E-state index contributed by atoms with van der Waals surface area (Å²) in [5.41, 5.74) is 5.27. The van der Waals surface area contributed by atoms with E-state index >= 15 is 0 Å². The Balaban J connectivity index is 2.29. The predicted octanol–water partition coefficient (Wildman–Crippen LogP) is 1.62. The van der Waals surface area contributed by atoms with E-state index in [1.54, 1.807) is 35.7 Å². The van der Waals surface area contributed by atoms with E-state index in [4.69, 9.17) is 10.5 Å². The van der Waals surface area contributed by atoms with Crippen LogP contribution in [0, 0.1) is 0 Å². The molecule has 0 aliphatic carbocycles. The summed E-state index contributed by atoms with van der Waals surface area (Å²) in [6.07, 6.45) is 0. The van der Waals surface area contributed by atoms with Crippen LogP contribution >= 0.6 is 11.3 Å². The Morgan fingerprint density at radius 3 is 2.35 bits per heavy atom. The van der Waals surface area contributed by atoms with Crippen LogP contribution in [0.4, 0.5) is 0 Å². The number of hydrogen-bond donors (Lipinski definition) is 1. The van der Waals surface area contributed by atoms with Crippen molar-refractivity contribution in [3.05, 3.63) is 57.8 Å². The van der Waals surface area contributed by atoms with Crippen molar-refractivity contribution in [2.75, 3.05) is 6.61 Å². The van der Waals surface area contributed by atoms with Gasteiger partial charge in [-0.05, 0) is 17.5 Å². The molecule has 0 radical (unpaired) electrons. The number of carbonyl (C=O) groups is 3. The number of nitrogens with two attached hydrogens (primary N) is 1. The van der Waals surface area contributed by atoms with Crippen LogP contribution in [0.3, 0.4) is 0 Å². The quantitative estimate of drug-likeness (QED) is 0.669. The normalized spacial score (nSPS) is 10.0. The minimum Gasteiger partial charge on any atom is -0.452 e. The van der Waals surface area contributed by atoms with E-state index in [2.05, 4.69) is 0 Å². The van der Waals surface area contributed by atoms with Crippen molar-refractivity contribution >= 4 is 29.0 Å². The summed E-state index contributed by atoms with van der Waals surface area (Å²) in [6.45, 7) is -0.514. The highest BCUT2D eigenvalue weighted by atomic mass is 32.1. The van der Waals surface area contributed by atoms with E-state index in [0.717, 1.165) is 0 Å². The highest BCUT2D eigenvalue weighted by Gasteiger charge is 2.19. The summed E-state index contributed by atoms with van der Waals surface area (Å²) in [4.78, 5) is 35.3. The summed E-state index contributed by atoms with van der Waals surface area (Å²) in [6, 6.07) is 9.73. The van der Waals surface area contributed by atoms with E-state index in [9.17, 15) is 14.4 Å². The SMILES string of the molecule is NC(=O)COC(=O)c1ccccc1C(=O)c1cccs1. The third-order valence-corrected chi connectivity index (χ3v) is 3.35. The zero-order chi connectivity index (χ0) is 14.5. The number of ketones is 1. The van der Waals surface area contributed by atoms with Gasteiger partial charge in [-0.1, -0.05) is 24.3 Å². The molecule has 0 fully saturated rings. The molecule has 2 N–H and O–H groups in total. The molecule has 1 amide bonds. The van der Waals surface area contributed by atoms with Gasteiger partial charge in [-0.15, -0.1) is 11.3 Å². The van der Waals surface area contributed by atoms with E-state index in [1.165, 1.54) is 17.4 Å². The topological polar surface area (TPSA) is 86.5 Å². The first-order valence-electron chi connectivity index (χ1n) is 5.72. The van der Waals surface area contributed by atoms with Gasteiger partial charge in [-0.3, -0.25) is 9.59 Å². The lowest BCUT2D eigenvalue weighted by atomic mass is 10.0. The van der Waals surface area contributed by atoms with Crippen molar-refractivity contribution < 1.29 is 19.1 Å². The molecule has 2 rings (SSSR count). The summed E-state index contributed by atoms with van der Waals surface area (Å²) in [7, 11) is 0. The van der Waals surface area contributed by atoms with Crippen molar-refractivity contribution in [1.29, 1.82) is 0 Å². The Morgan fingerprint density at radius 1 is 1.05 bits per heavy atom. The Kier molecular flexibility index (Phi) is 4.27. The van der Waals surface area contributed by atoms with E-state index < -0.39 is 18.5 Å². The van der Waals surface area contributed by atoms with Gasteiger partial charge in [0, 0.05) is 5.56 Å². The monoisotopic (exact) mass is 289 g/mol. The molecule has 20 heavy (non-hydrogen) atoms. The third-order valence-electron chi connectivity index (χ3n) is 2.48. The van der Waals surface area contributed by atoms with Gasteiger partial charge >= 0.3 is 5.97 Å². The van der Waals surface area contributed by atoms with Gasteiger partial charge < -0.3 is 10.5 Å². The molecular formula is C14H11NO4S. The standard InChI is InChI=1S/C14H11NO4S/c15-12(16)8-19-14(18)10-5-2-1-4-9(10)13(17)11-6-3-7-20-11/h1-7H,8H2,(H2,15,16). The first-order valence-corrected chi connectivity index (χ1v) is 6.60. The Labute approximate surface area is 119 Å². The first kappa shape index (κ1) is 14.0. The minimum atomic E-state index is -0.750. The number of carbonyl (C=O) groups excluding carboxylic acids is 3. The van der Waals surface area contributed by atoms with Crippen LogP contribution in [0.25, 0.3) is 0 Å². The van der Waals surface area contributed by atoms with E-state index in [0.29, 0.717) is 4.88 Å². The second-order valence-electron chi connectivity index (χ2n) is 3.89. The molecule has 0 bridgehead atoms. The average Bonchev–Trinajstić information content (AvgIpc) is 2.98. The Bertz CT molecular complexity index is 649. The minimum absolute atomic E-state index is 0.118. The number of amides is 1. The molecule has 1 heterocycles. The summed E-state index contributed by atoms with van der Waals surface area (Å²) in [5.74, 6) is -1.75. The smallest absolute Gasteiger partial charge is 0.339 e. The maximum Gasteiger partial charge on any atom is 0.339 e. The van der Waals surface area contributed by atoms with Gasteiger partial charge in [-0.2, -0.15) is 0 Å². The molecule has 0 saturated carbocycles. The van der Waals surface area contributed by atoms with Crippen molar-refractivity contribution in [2.45, 2.75) is 0 Å². The summed E-state index contributed by atoms with van der Waals surface area (Å²) >= 11 is 1.29. The molecule has 102 valence electrons. The molecule has 1 aromatic heterocycles. The third kappa shape index (κ3) is 3.10. The predicted molar refractivity (Wildman–Crippen MR) is 73.7 cm³/mol. The fourth-order valence-electron chi connectivity index (χ4n) is 1.61. The second kappa shape index (κ2) is 6.12. The molecule has 0 unspecified atom stereocenters. The van der Waals surface area contributed by atoms with E-state index in [1.807, 2.05) is 0 Å². The largest absolute Gasteiger partial charge is 0.452 e. The van der Waals surface area contributed by atoms with Crippen LogP contribution < -0.4 is 5.73 Å². The van der Waals surface area contributed by atoms with Crippen LogP contribution in [0.15, 0.2) is 41.8 Å². The lowest BCUT2D eigenvalue weighted by molar-refractivity contribution is -0.121. The molecule has 1 aromatic carbocycles. The van der Waals surface area contributed by atoms with Crippen molar-refractivity contribution in [1.82, 2.24) is 0 Å². The Hall–Kier alpha value is -2.47. The van der Waals surface area contributed by atoms with Crippen molar-refractivity contribution in [3.63, 3.8) is 0 Å². The molecule has 0 spiro atoms. The molecule has 5 nitrogen and oxygen atoms in total. The van der Waals surface area contributed by atoms with Gasteiger partial charge in [0.25, 0.3) is 5.91 Å². The number of ether oxygens (including phenoxy) is 1. The molecule has 0 aliphatic rings. The second-order valence-corrected chi connectivity index (χ2v) is 4.84. The number of hydrogen-bond acceptors (Lipinski definition) is 5. The lowest BCUT2D eigenvalue weighted by Gasteiger charge is -2.07. The molecule has 6 heteroatoms. The number of primary amides is 1. The number of thiophene rings is 1. The maximum atomic E-state index is 12.3. The van der Waals surface area contributed by atoms with E-state index in [-0.39, 0.29) is 16.9 Å². The molecule has 0 aliphatic heterocycles. The van der Waals surface area contributed by atoms with Gasteiger partial charge in [0.1, 0.15) is 0 Å². The van der Waals surface area contributed by atoms with Gasteiger partial charge in [0.05, 0.1) is 10.4 Å². The number of benzene rings is 1. The van der Waals surface area contributed by atoms with Crippen LogP contribution in [-0.2, 0) is 9.53 Å². The first-order chi connectivity index (χ1) is 9.59. The van der Waals surface area contributed by atoms with Crippen LogP contribution in [0.1, 0.15) is 25.6 Å². The molecular weight excluding hydrogens is 278 g/mol. The maximum absolute atomic E-state index is 12.3. The summed E-state index contributed by atoms with van der Waals surface area (Å²) < 4.78 is 4.74. The summed E-state index contributed by atoms with van der Waals surface area (Å²) in [5, 5.41) is 1.78. The van der Waals surface area contributed by atoms with Gasteiger partial charge in [-0.25, -0.2) is 4.79 Å². The molecule has 0 atom stereocenters. The zero-order valence-electron chi connectivity index (χ0n) is 10.4. The molecule has 2 aromatic rings. The van der Waals surface area contributed by atoms with Gasteiger partial charge in [0.2, 0.25) is 5.78 Å². The van der Waals surface area contributed by atoms with Crippen LogP contribution in [-0.4, -0.2) is 24.3 Å².